The van der Waals surface area contributed by atoms with Crippen LogP contribution in [0.5, 0.6) is 0 Å². The molecule has 0 aliphatic heterocycles. The average Bonchev–Trinajstić information content (AvgIpc) is 3.21. The van der Waals surface area contributed by atoms with Gasteiger partial charge >= 0.3 is 5.97 Å². The van der Waals surface area contributed by atoms with E-state index >= 15 is 0 Å². The minimum absolute atomic E-state index is 0.0840. The highest BCUT2D eigenvalue weighted by Crippen LogP contribution is 2.28. The van der Waals surface area contributed by atoms with E-state index < -0.39 is 12.0 Å². The molecular weight excluding hydrogens is 414 g/mol. The molecule has 29 heavy (non-hydrogen) atoms. The lowest BCUT2D eigenvalue weighted by atomic mass is 10.2. The van der Waals surface area contributed by atoms with E-state index in [1.165, 1.54) is 4.57 Å². The Morgan fingerprint density at radius 2 is 2.14 bits per heavy atom. The van der Waals surface area contributed by atoms with E-state index in [1.54, 1.807) is 6.92 Å². The molecule has 2 aromatic heterocycles. The molecule has 156 valence electrons. The molecule has 0 saturated carbocycles. The third-order valence-corrected chi connectivity index (χ3v) is 5.58. The molecule has 0 spiro atoms. The van der Waals surface area contributed by atoms with Gasteiger partial charge in [-0.15, -0.1) is 10.2 Å². The summed E-state index contributed by atoms with van der Waals surface area (Å²) in [5.74, 6) is -0.364. The van der Waals surface area contributed by atoms with Gasteiger partial charge in [0.1, 0.15) is 10.9 Å². The van der Waals surface area contributed by atoms with E-state index in [0.29, 0.717) is 33.9 Å². The summed E-state index contributed by atoms with van der Waals surface area (Å²) in [5, 5.41) is 19.9. The molecule has 0 fully saturated rings. The minimum atomic E-state index is -0.688. The Hall–Kier alpha value is -2.65. The first-order chi connectivity index (χ1) is 13.8. The zero-order valence-corrected chi connectivity index (χ0v) is 18.3. The van der Waals surface area contributed by atoms with E-state index in [-0.39, 0.29) is 23.5 Å². The molecule has 1 atom stereocenters. The third kappa shape index (κ3) is 5.68. The van der Waals surface area contributed by atoms with Crippen molar-refractivity contribution in [2.45, 2.75) is 45.3 Å². The molecule has 1 unspecified atom stereocenters. The molecule has 1 amide bonds. The fraction of sp³-hybridized carbons (Fsp3) is 0.529. The Labute approximate surface area is 176 Å². The van der Waals surface area contributed by atoms with Gasteiger partial charge in [0.25, 0.3) is 0 Å². The summed E-state index contributed by atoms with van der Waals surface area (Å²) in [6.07, 6.45) is 0.418. The van der Waals surface area contributed by atoms with Gasteiger partial charge in [0, 0.05) is 0 Å². The number of nitrogens with two attached hydrogens (primary N) is 1. The molecule has 3 N–H and O–H groups in total. The number of carbonyl (C=O) groups is 2. The molecule has 0 radical (unpaired) electrons. The third-order valence-electron chi connectivity index (χ3n) is 3.72. The monoisotopic (exact) mass is 437 g/mol. The standard InChI is InChI=1S/C17H23N7O3S2/c1-5-11(24-15(19)22-23-17(24)28-7-6-18)13(25)21-16-20-10(4)12(29-16)14(26)27-8-9(2)3/h9,11H,5,7-8H2,1-4H3,(H2,19,22)(H,20,21,25). The summed E-state index contributed by atoms with van der Waals surface area (Å²) >= 11 is 2.20. The Bertz CT molecular complexity index is 917. The molecule has 10 nitrogen and oxygen atoms in total. The van der Waals surface area contributed by atoms with E-state index in [2.05, 4.69) is 20.5 Å². The van der Waals surface area contributed by atoms with Crippen LogP contribution in [-0.4, -0.2) is 44.0 Å². The highest BCUT2D eigenvalue weighted by Gasteiger charge is 2.26. The molecule has 0 bridgehead atoms. The smallest absolute Gasteiger partial charge is 0.350 e. The van der Waals surface area contributed by atoms with Crippen LogP contribution in [0.2, 0.25) is 0 Å². The zero-order valence-electron chi connectivity index (χ0n) is 16.6. The van der Waals surface area contributed by atoms with Crippen molar-refractivity contribution in [1.82, 2.24) is 19.7 Å². The molecule has 0 aliphatic carbocycles. The predicted octanol–water partition coefficient (Wildman–Crippen LogP) is 2.64. The number of thioether (sulfide) groups is 1. The summed E-state index contributed by atoms with van der Waals surface area (Å²) in [6.45, 7) is 7.71. The molecule has 0 saturated heterocycles. The maximum atomic E-state index is 12.9. The van der Waals surface area contributed by atoms with Crippen LogP contribution in [0.4, 0.5) is 11.1 Å². The highest BCUT2D eigenvalue weighted by atomic mass is 32.2. The van der Waals surface area contributed by atoms with Crippen molar-refractivity contribution >= 4 is 46.1 Å². The van der Waals surface area contributed by atoms with Gasteiger partial charge in [-0.1, -0.05) is 43.9 Å². The van der Waals surface area contributed by atoms with Gasteiger partial charge in [0.15, 0.2) is 10.3 Å². The Morgan fingerprint density at radius 1 is 1.41 bits per heavy atom. The van der Waals surface area contributed by atoms with Crippen LogP contribution in [0.3, 0.4) is 0 Å². The number of amides is 1. The Morgan fingerprint density at radius 3 is 2.76 bits per heavy atom. The number of hydrogen-bond donors (Lipinski definition) is 2. The number of carbonyl (C=O) groups excluding carboxylic acids is 2. The lowest BCUT2D eigenvalue weighted by molar-refractivity contribution is -0.119. The van der Waals surface area contributed by atoms with Crippen molar-refractivity contribution in [1.29, 1.82) is 5.26 Å². The second-order valence-corrected chi connectivity index (χ2v) is 8.44. The predicted molar refractivity (Wildman–Crippen MR) is 111 cm³/mol. The number of rotatable bonds is 9. The minimum Gasteiger partial charge on any atom is -0.461 e. The summed E-state index contributed by atoms with van der Waals surface area (Å²) in [4.78, 5) is 29.7. The van der Waals surface area contributed by atoms with Gasteiger partial charge in [-0.3, -0.25) is 9.36 Å². The van der Waals surface area contributed by atoms with E-state index in [4.69, 9.17) is 15.7 Å². The number of nitrogens with zero attached hydrogens (tertiary/aromatic N) is 5. The normalized spacial score (nSPS) is 11.9. The molecule has 2 rings (SSSR count). The second kappa shape index (κ2) is 10.2. The van der Waals surface area contributed by atoms with Gasteiger partial charge in [0.2, 0.25) is 11.9 Å². The van der Waals surface area contributed by atoms with Crippen LogP contribution in [0.25, 0.3) is 0 Å². The Kier molecular flexibility index (Phi) is 7.98. The first-order valence-electron chi connectivity index (χ1n) is 8.93. The van der Waals surface area contributed by atoms with Crippen LogP contribution in [-0.2, 0) is 9.53 Å². The van der Waals surface area contributed by atoms with Crippen molar-refractivity contribution in [2.24, 2.45) is 5.92 Å². The van der Waals surface area contributed by atoms with Crippen molar-refractivity contribution in [2.75, 3.05) is 23.4 Å². The van der Waals surface area contributed by atoms with Crippen LogP contribution in [0, 0.1) is 24.2 Å². The van der Waals surface area contributed by atoms with Crippen LogP contribution in [0.15, 0.2) is 5.16 Å². The number of esters is 1. The highest BCUT2D eigenvalue weighted by molar-refractivity contribution is 7.99. The summed E-state index contributed by atoms with van der Waals surface area (Å²) in [5.41, 5.74) is 6.37. The number of nitrogen functional groups attached to an aromatic ring is 1. The molecule has 12 heteroatoms. The van der Waals surface area contributed by atoms with Gasteiger partial charge in [-0.2, -0.15) is 5.26 Å². The maximum Gasteiger partial charge on any atom is 0.350 e. The molecule has 0 aliphatic rings. The van der Waals surface area contributed by atoms with Crippen molar-refractivity contribution in [3.05, 3.63) is 10.6 Å². The number of thiazole rings is 1. The summed E-state index contributed by atoms with van der Waals surface area (Å²) in [6, 6.07) is 1.32. The first-order valence-corrected chi connectivity index (χ1v) is 10.7. The molecule has 0 aromatic carbocycles. The molecular formula is C17H23N7O3S2. The Balaban J connectivity index is 2.17. The van der Waals surface area contributed by atoms with Gasteiger partial charge in [0.05, 0.1) is 24.1 Å². The van der Waals surface area contributed by atoms with Crippen LogP contribution >= 0.6 is 23.1 Å². The first kappa shape index (κ1) is 22.6. The molecule has 2 heterocycles. The van der Waals surface area contributed by atoms with Crippen LogP contribution < -0.4 is 11.1 Å². The lowest BCUT2D eigenvalue weighted by Crippen LogP contribution is -2.27. The number of aryl methyl sites for hydroxylation is 1. The number of hydrogen-bond acceptors (Lipinski definition) is 10. The number of nitrogens with one attached hydrogen (secondary N) is 1. The van der Waals surface area contributed by atoms with Crippen molar-refractivity contribution < 1.29 is 14.3 Å². The van der Waals surface area contributed by atoms with E-state index in [9.17, 15) is 9.59 Å². The topological polar surface area (TPSA) is 149 Å². The van der Waals surface area contributed by atoms with Crippen molar-refractivity contribution in [3.63, 3.8) is 0 Å². The van der Waals surface area contributed by atoms with Gasteiger partial charge in [-0.25, -0.2) is 9.78 Å². The fourth-order valence-electron chi connectivity index (χ4n) is 2.40. The number of nitriles is 1. The maximum absolute atomic E-state index is 12.9. The second-order valence-electron chi connectivity index (χ2n) is 6.50. The van der Waals surface area contributed by atoms with Crippen LogP contribution in [0.1, 0.15) is 48.6 Å². The number of ether oxygens (including phenoxy) is 1. The summed E-state index contributed by atoms with van der Waals surface area (Å²) < 4.78 is 6.73. The molecule has 2 aromatic rings. The zero-order chi connectivity index (χ0) is 21.6. The van der Waals surface area contributed by atoms with Gasteiger partial charge in [-0.05, 0) is 19.3 Å². The fourth-order valence-corrected chi connectivity index (χ4v) is 3.91. The van der Waals surface area contributed by atoms with E-state index in [0.717, 1.165) is 23.1 Å². The van der Waals surface area contributed by atoms with E-state index in [1.807, 2.05) is 26.8 Å². The average molecular weight is 438 g/mol. The van der Waals surface area contributed by atoms with Gasteiger partial charge < -0.3 is 15.8 Å². The summed E-state index contributed by atoms with van der Waals surface area (Å²) in [7, 11) is 0. The lowest BCUT2D eigenvalue weighted by Gasteiger charge is -2.17. The van der Waals surface area contributed by atoms with Crippen molar-refractivity contribution in [3.8, 4) is 6.07 Å². The largest absolute Gasteiger partial charge is 0.461 e. The SMILES string of the molecule is CCC(C(=O)Nc1nc(C)c(C(=O)OCC(C)C)s1)n1c(N)nnc1SCC#N. The quantitative estimate of drug-likeness (QED) is 0.446. The number of anilines is 2. The number of aromatic nitrogens is 4.